The van der Waals surface area contributed by atoms with E-state index in [9.17, 15) is 0 Å². The average Bonchev–Trinajstić information content (AvgIpc) is 2.90. The fourth-order valence-corrected chi connectivity index (χ4v) is 2.45. The zero-order valence-electron chi connectivity index (χ0n) is 9.82. The Morgan fingerprint density at radius 1 is 1.47 bits per heavy atom. The fourth-order valence-electron chi connectivity index (χ4n) is 1.59. The van der Waals surface area contributed by atoms with Crippen LogP contribution in [0.15, 0.2) is 23.0 Å². The number of aromatic nitrogens is 2. The number of hydrogen-bond acceptors (Lipinski definition) is 3. The molecule has 0 fully saturated rings. The normalized spacial score (nSPS) is 10.9. The lowest BCUT2D eigenvalue weighted by Crippen LogP contribution is -2.22. The Bertz CT molecular complexity index is 431. The summed E-state index contributed by atoms with van der Waals surface area (Å²) in [5, 5.41) is 12.8. The van der Waals surface area contributed by atoms with E-state index in [4.69, 9.17) is 11.6 Å². The van der Waals surface area contributed by atoms with E-state index in [1.807, 2.05) is 17.8 Å². The molecule has 3 nitrogen and oxygen atoms in total. The Labute approximate surface area is 110 Å². The molecule has 2 aromatic heterocycles. The third-order valence-corrected chi connectivity index (χ3v) is 3.68. The summed E-state index contributed by atoms with van der Waals surface area (Å²) in [5.41, 5.74) is 2.30. The van der Waals surface area contributed by atoms with Crippen LogP contribution in [0.5, 0.6) is 0 Å². The zero-order chi connectivity index (χ0) is 12.1. The molecule has 0 aliphatic heterocycles. The Kier molecular flexibility index (Phi) is 4.59. The molecule has 0 atom stereocenters. The van der Waals surface area contributed by atoms with Crippen molar-refractivity contribution in [2.75, 3.05) is 13.1 Å². The molecular formula is C12H16ClN3S. The smallest absolute Gasteiger partial charge is 0.0814 e. The lowest BCUT2D eigenvalue weighted by Gasteiger charge is -2.04. The highest BCUT2D eigenvalue weighted by Crippen LogP contribution is 2.11. The van der Waals surface area contributed by atoms with E-state index in [-0.39, 0.29) is 0 Å². The van der Waals surface area contributed by atoms with Crippen LogP contribution in [0.3, 0.4) is 0 Å². The van der Waals surface area contributed by atoms with Crippen LogP contribution in [0.1, 0.15) is 11.3 Å². The van der Waals surface area contributed by atoms with E-state index in [1.165, 1.54) is 5.56 Å². The van der Waals surface area contributed by atoms with Crippen LogP contribution in [0, 0.1) is 6.92 Å². The molecule has 2 rings (SSSR count). The Morgan fingerprint density at radius 2 is 2.35 bits per heavy atom. The molecule has 5 heteroatoms. The van der Waals surface area contributed by atoms with Crippen LogP contribution in [0.4, 0.5) is 0 Å². The maximum Gasteiger partial charge on any atom is 0.0814 e. The van der Waals surface area contributed by atoms with Gasteiger partial charge in [-0.3, -0.25) is 4.68 Å². The first-order valence-electron chi connectivity index (χ1n) is 5.67. The van der Waals surface area contributed by atoms with Crippen molar-refractivity contribution in [1.82, 2.24) is 15.1 Å². The molecule has 1 N–H and O–H groups in total. The highest BCUT2D eigenvalue weighted by molar-refractivity contribution is 7.07. The molecule has 0 radical (unpaired) electrons. The summed E-state index contributed by atoms with van der Waals surface area (Å²) in [4.78, 5) is 0. The van der Waals surface area contributed by atoms with Gasteiger partial charge in [0.15, 0.2) is 0 Å². The van der Waals surface area contributed by atoms with Gasteiger partial charge in [0, 0.05) is 12.7 Å². The third-order valence-electron chi connectivity index (χ3n) is 2.57. The summed E-state index contributed by atoms with van der Waals surface area (Å²) < 4.78 is 1.88. The minimum Gasteiger partial charge on any atom is -0.315 e. The first-order valence-corrected chi connectivity index (χ1v) is 6.99. The van der Waals surface area contributed by atoms with Crippen molar-refractivity contribution in [1.29, 1.82) is 0 Å². The molecule has 0 amide bonds. The number of nitrogens with zero attached hydrogens (tertiary/aromatic N) is 2. The summed E-state index contributed by atoms with van der Waals surface area (Å²) in [7, 11) is 0. The van der Waals surface area contributed by atoms with Gasteiger partial charge in [0.1, 0.15) is 0 Å². The van der Waals surface area contributed by atoms with Crippen LogP contribution in [-0.4, -0.2) is 22.9 Å². The largest absolute Gasteiger partial charge is 0.315 e. The molecule has 2 heterocycles. The molecule has 2 aromatic rings. The van der Waals surface area contributed by atoms with E-state index in [0.717, 1.165) is 36.8 Å². The molecule has 0 spiro atoms. The van der Waals surface area contributed by atoms with Gasteiger partial charge in [-0.05, 0) is 42.3 Å². The lowest BCUT2D eigenvalue weighted by molar-refractivity contribution is 0.554. The van der Waals surface area contributed by atoms with Crippen LogP contribution in [-0.2, 0) is 13.0 Å². The molecule has 92 valence electrons. The monoisotopic (exact) mass is 269 g/mol. The van der Waals surface area contributed by atoms with Crippen molar-refractivity contribution in [2.24, 2.45) is 0 Å². The topological polar surface area (TPSA) is 29.9 Å². The fraction of sp³-hybridized carbons (Fsp3) is 0.417. The second-order valence-electron chi connectivity index (χ2n) is 3.96. The van der Waals surface area contributed by atoms with E-state index in [1.54, 1.807) is 11.3 Å². The van der Waals surface area contributed by atoms with Gasteiger partial charge < -0.3 is 5.32 Å². The predicted molar refractivity (Wildman–Crippen MR) is 72.9 cm³/mol. The maximum atomic E-state index is 5.93. The molecule has 0 bridgehead atoms. The number of nitrogens with one attached hydrogen (secondary N) is 1. The Morgan fingerprint density at radius 3 is 3.00 bits per heavy atom. The second kappa shape index (κ2) is 6.19. The Hall–Kier alpha value is -0.840. The van der Waals surface area contributed by atoms with Gasteiger partial charge >= 0.3 is 0 Å². The van der Waals surface area contributed by atoms with Crippen LogP contribution >= 0.6 is 22.9 Å². The van der Waals surface area contributed by atoms with Gasteiger partial charge in [-0.15, -0.1) is 0 Å². The first-order chi connectivity index (χ1) is 8.25. The third kappa shape index (κ3) is 3.84. The summed E-state index contributed by atoms with van der Waals surface area (Å²) >= 11 is 7.68. The van der Waals surface area contributed by atoms with Crippen molar-refractivity contribution in [3.63, 3.8) is 0 Å². The van der Waals surface area contributed by atoms with E-state index in [2.05, 4.69) is 27.2 Å². The minimum atomic E-state index is 0.739. The molecule has 17 heavy (non-hydrogen) atoms. The maximum absolute atomic E-state index is 5.93. The van der Waals surface area contributed by atoms with Crippen molar-refractivity contribution >= 4 is 22.9 Å². The molecule has 0 saturated heterocycles. The van der Waals surface area contributed by atoms with Gasteiger partial charge in [-0.25, -0.2) is 0 Å². The van der Waals surface area contributed by atoms with E-state index < -0.39 is 0 Å². The molecule has 0 aliphatic rings. The second-order valence-corrected chi connectivity index (χ2v) is 5.14. The number of rotatable bonds is 6. The molecule has 0 aliphatic carbocycles. The predicted octanol–water partition coefficient (Wildman–Crippen LogP) is 2.74. The SMILES string of the molecule is Cc1nn(CCNCCc2ccsc2)cc1Cl. The summed E-state index contributed by atoms with van der Waals surface area (Å²) in [6.07, 6.45) is 2.96. The summed E-state index contributed by atoms with van der Waals surface area (Å²) in [5.74, 6) is 0. The lowest BCUT2D eigenvalue weighted by atomic mass is 10.2. The van der Waals surface area contributed by atoms with E-state index in [0.29, 0.717) is 0 Å². The van der Waals surface area contributed by atoms with Gasteiger partial charge in [-0.1, -0.05) is 11.6 Å². The van der Waals surface area contributed by atoms with Crippen molar-refractivity contribution in [3.05, 3.63) is 39.3 Å². The number of hydrogen-bond donors (Lipinski definition) is 1. The van der Waals surface area contributed by atoms with Crippen molar-refractivity contribution in [3.8, 4) is 0 Å². The van der Waals surface area contributed by atoms with Crippen molar-refractivity contribution < 1.29 is 0 Å². The first kappa shape index (κ1) is 12.6. The van der Waals surface area contributed by atoms with Gasteiger partial charge in [0.05, 0.1) is 17.3 Å². The quantitative estimate of drug-likeness (QED) is 0.818. The van der Waals surface area contributed by atoms with E-state index >= 15 is 0 Å². The van der Waals surface area contributed by atoms with Crippen molar-refractivity contribution in [2.45, 2.75) is 19.9 Å². The van der Waals surface area contributed by atoms with Gasteiger partial charge in [0.25, 0.3) is 0 Å². The number of thiophene rings is 1. The molecular weight excluding hydrogens is 254 g/mol. The molecule has 0 aromatic carbocycles. The number of halogens is 1. The van der Waals surface area contributed by atoms with Crippen LogP contribution in [0.25, 0.3) is 0 Å². The summed E-state index contributed by atoms with van der Waals surface area (Å²) in [6, 6.07) is 2.17. The highest BCUT2D eigenvalue weighted by atomic mass is 35.5. The molecule has 0 unspecified atom stereocenters. The minimum absolute atomic E-state index is 0.739. The average molecular weight is 270 g/mol. The van der Waals surface area contributed by atoms with Gasteiger partial charge in [0.2, 0.25) is 0 Å². The standard InChI is InChI=1S/C12H16ClN3S/c1-10-12(13)8-16(15-10)6-5-14-4-2-11-3-7-17-9-11/h3,7-9,14H,2,4-6H2,1H3. The molecule has 0 saturated carbocycles. The summed E-state index contributed by atoms with van der Waals surface area (Å²) in [6.45, 7) is 4.70. The number of aryl methyl sites for hydroxylation is 1. The van der Waals surface area contributed by atoms with Gasteiger partial charge in [-0.2, -0.15) is 16.4 Å². The van der Waals surface area contributed by atoms with Crippen LogP contribution in [0.2, 0.25) is 5.02 Å². The Balaban J connectivity index is 1.63. The highest BCUT2D eigenvalue weighted by Gasteiger charge is 2.00. The zero-order valence-corrected chi connectivity index (χ0v) is 11.4. The van der Waals surface area contributed by atoms with Crippen LogP contribution < -0.4 is 5.32 Å².